The smallest absolute Gasteiger partial charge is 0.325 e. The molecule has 1 unspecified atom stereocenters. The summed E-state index contributed by atoms with van der Waals surface area (Å²) in [5.41, 5.74) is 1.26. The first-order chi connectivity index (χ1) is 10.9. The summed E-state index contributed by atoms with van der Waals surface area (Å²) in [5.74, 6) is -0.440. The molecule has 1 atom stereocenters. The minimum atomic E-state index is -0.839. The van der Waals surface area contributed by atoms with Crippen molar-refractivity contribution >= 4 is 17.8 Å². The zero-order chi connectivity index (χ0) is 16.6. The highest BCUT2D eigenvalue weighted by Gasteiger charge is 2.56. The molecule has 0 radical (unpaired) electrons. The molecule has 2 aliphatic rings. The van der Waals surface area contributed by atoms with Crippen LogP contribution < -0.4 is 10.6 Å². The molecule has 0 spiro atoms. The Bertz CT molecular complexity index is 669. The van der Waals surface area contributed by atoms with E-state index in [-0.39, 0.29) is 24.3 Å². The summed E-state index contributed by atoms with van der Waals surface area (Å²) in [6.07, 6.45) is 1.88. The largest absolute Gasteiger partial charge is 0.350 e. The molecular weight excluding hydrogens is 294 g/mol. The zero-order valence-corrected chi connectivity index (χ0v) is 13.4. The summed E-state index contributed by atoms with van der Waals surface area (Å²) in [6.45, 7) is 3.87. The molecule has 1 saturated heterocycles. The van der Waals surface area contributed by atoms with Gasteiger partial charge in [0, 0.05) is 6.54 Å². The van der Waals surface area contributed by atoms with Gasteiger partial charge in [0.25, 0.3) is 5.91 Å². The Morgan fingerprint density at radius 2 is 2.13 bits per heavy atom. The van der Waals surface area contributed by atoms with Crippen molar-refractivity contribution in [3.8, 4) is 0 Å². The first-order valence-corrected chi connectivity index (χ1v) is 7.86. The minimum Gasteiger partial charge on any atom is -0.350 e. The molecule has 4 amide bonds. The monoisotopic (exact) mass is 315 g/mol. The van der Waals surface area contributed by atoms with Crippen LogP contribution in [0.2, 0.25) is 0 Å². The number of amides is 4. The normalized spacial score (nSPS) is 23.8. The number of carbonyl (C=O) groups is 3. The van der Waals surface area contributed by atoms with E-state index in [0.717, 1.165) is 28.9 Å². The molecule has 2 fully saturated rings. The van der Waals surface area contributed by atoms with Crippen molar-refractivity contribution < 1.29 is 14.4 Å². The number of benzene rings is 1. The summed E-state index contributed by atoms with van der Waals surface area (Å²) in [6, 6.07) is 7.34. The van der Waals surface area contributed by atoms with Crippen LogP contribution in [-0.2, 0) is 16.1 Å². The van der Waals surface area contributed by atoms with Crippen LogP contribution in [0.25, 0.3) is 0 Å². The van der Waals surface area contributed by atoms with Gasteiger partial charge in [-0.25, -0.2) is 4.79 Å². The van der Waals surface area contributed by atoms with Crippen LogP contribution in [0.1, 0.15) is 30.9 Å². The number of nitrogens with one attached hydrogen (secondary N) is 2. The van der Waals surface area contributed by atoms with Crippen LogP contribution >= 0.6 is 0 Å². The molecule has 3 rings (SSSR count). The van der Waals surface area contributed by atoms with Crippen LogP contribution in [0.4, 0.5) is 4.79 Å². The van der Waals surface area contributed by atoms with Crippen molar-refractivity contribution in [3.05, 3.63) is 35.4 Å². The van der Waals surface area contributed by atoms with E-state index < -0.39 is 11.6 Å². The van der Waals surface area contributed by atoms with Crippen molar-refractivity contribution in [2.75, 3.05) is 6.54 Å². The summed E-state index contributed by atoms with van der Waals surface area (Å²) >= 11 is 0. The average molecular weight is 315 g/mol. The van der Waals surface area contributed by atoms with Gasteiger partial charge < -0.3 is 10.6 Å². The highest BCUT2D eigenvalue weighted by Crippen LogP contribution is 2.42. The van der Waals surface area contributed by atoms with E-state index in [1.54, 1.807) is 6.92 Å². The van der Waals surface area contributed by atoms with E-state index in [1.165, 1.54) is 0 Å². The third kappa shape index (κ3) is 3.06. The maximum absolute atomic E-state index is 12.4. The van der Waals surface area contributed by atoms with E-state index in [0.29, 0.717) is 6.54 Å². The van der Waals surface area contributed by atoms with Gasteiger partial charge in [0.2, 0.25) is 5.91 Å². The number of carbonyl (C=O) groups excluding carboxylic acids is 3. The molecule has 1 heterocycles. The van der Waals surface area contributed by atoms with Crippen molar-refractivity contribution in [2.24, 2.45) is 5.92 Å². The first kappa shape index (κ1) is 15.5. The van der Waals surface area contributed by atoms with E-state index in [1.807, 2.05) is 31.2 Å². The predicted molar refractivity (Wildman–Crippen MR) is 84.4 cm³/mol. The van der Waals surface area contributed by atoms with E-state index in [9.17, 15) is 14.4 Å². The van der Waals surface area contributed by atoms with Gasteiger partial charge in [0.15, 0.2) is 0 Å². The molecule has 1 aliphatic carbocycles. The van der Waals surface area contributed by atoms with E-state index in [2.05, 4.69) is 10.6 Å². The Balaban J connectivity index is 1.57. The van der Waals surface area contributed by atoms with Gasteiger partial charge >= 0.3 is 6.03 Å². The Morgan fingerprint density at radius 1 is 1.39 bits per heavy atom. The summed E-state index contributed by atoms with van der Waals surface area (Å²) < 4.78 is 0. The Morgan fingerprint density at radius 3 is 2.78 bits per heavy atom. The second-order valence-electron chi connectivity index (χ2n) is 6.56. The van der Waals surface area contributed by atoms with Crippen molar-refractivity contribution in [2.45, 2.75) is 38.8 Å². The quantitative estimate of drug-likeness (QED) is 0.805. The topological polar surface area (TPSA) is 78.5 Å². The second-order valence-corrected chi connectivity index (χ2v) is 6.56. The maximum atomic E-state index is 12.4. The lowest BCUT2D eigenvalue weighted by atomic mass is 9.96. The van der Waals surface area contributed by atoms with Crippen molar-refractivity contribution in [1.29, 1.82) is 0 Å². The van der Waals surface area contributed by atoms with Crippen LogP contribution in [-0.4, -0.2) is 34.8 Å². The third-order valence-corrected chi connectivity index (χ3v) is 4.57. The number of aryl methyl sites for hydroxylation is 1. The Hall–Kier alpha value is -2.37. The van der Waals surface area contributed by atoms with Gasteiger partial charge in [-0.15, -0.1) is 0 Å². The van der Waals surface area contributed by atoms with Gasteiger partial charge in [-0.2, -0.15) is 0 Å². The van der Waals surface area contributed by atoms with Gasteiger partial charge in [-0.05, 0) is 38.2 Å². The molecule has 1 aromatic rings. The molecule has 23 heavy (non-hydrogen) atoms. The first-order valence-electron chi connectivity index (χ1n) is 7.86. The molecule has 1 aliphatic heterocycles. The predicted octanol–water partition coefficient (Wildman–Crippen LogP) is 1.33. The molecule has 122 valence electrons. The van der Waals surface area contributed by atoms with Crippen LogP contribution in [0.3, 0.4) is 0 Å². The SMILES string of the molecule is Cc1cccc(CNC(=O)CN2C(=O)NC(C)(C3CC3)C2=O)c1. The zero-order valence-electron chi connectivity index (χ0n) is 13.4. The number of hydrogen-bond acceptors (Lipinski definition) is 3. The van der Waals surface area contributed by atoms with Crippen LogP contribution in [0.15, 0.2) is 24.3 Å². The third-order valence-electron chi connectivity index (χ3n) is 4.57. The lowest BCUT2D eigenvalue weighted by molar-refractivity contribution is -0.135. The fraction of sp³-hybridized carbons (Fsp3) is 0.471. The fourth-order valence-corrected chi connectivity index (χ4v) is 3.02. The molecule has 1 aromatic carbocycles. The maximum Gasteiger partial charge on any atom is 0.325 e. The summed E-state index contributed by atoms with van der Waals surface area (Å²) in [4.78, 5) is 37.5. The van der Waals surface area contributed by atoms with E-state index >= 15 is 0 Å². The molecule has 2 N–H and O–H groups in total. The number of urea groups is 1. The van der Waals surface area contributed by atoms with Crippen molar-refractivity contribution in [1.82, 2.24) is 15.5 Å². The van der Waals surface area contributed by atoms with Gasteiger partial charge in [-0.3, -0.25) is 14.5 Å². The standard InChI is InChI=1S/C17H21N3O3/c1-11-4-3-5-12(8-11)9-18-14(21)10-20-15(22)17(2,13-6-7-13)19-16(20)23/h3-5,8,13H,6-7,9-10H2,1-2H3,(H,18,21)(H,19,23). The van der Waals surface area contributed by atoms with Crippen LogP contribution in [0, 0.1) is 12.8 Å². The molecular formula is C17H21N3O3. The average Bonchev–Trinajstić information content (AvgIpc) is 3.32. The van der Waals surface area contributed by atoms with Gasteiger partial charge in [0.1, 0.15) is 12.1 Å². The number of imide groups is 1. The van der Waals surface area contributed by atoms with E-state index in [4.69, 9.17) is 0 Å². The number of nitrogens with zero attached hydrogens (tertiary/aromatic N) is 1. The highest BCUT2D eigenvalue weighted by atomic mass is 16.2. The highest BCUT2D eigenvalue weighted by molar-refractivity contribution is 6.09. The summed E-state index contributed by atoms with van der Waals surface area (Å²) in [7, 11) is 0. The molecule has 6 heteroatoms. The lowest BCUT2D eigenvalue weighted by Crippen LogP contribution is -2.46. The fourth-order valence-electron chi connectivity index (χ4n) is 3.02. The number of rotatable bonds is 5. The second kappa shape index (κ2) is 5.68. The van der Waals surface area contributed by atoms with Crippen LogP contribution in [0.5, 0.6) is 0 Å². The Kier molecular flexibility index (Phi) is 3.83. The van der Waals surface area contributed by atoms with Gasteiger partial charge in [0.05, 0.1) is 0 Å². The number of hydrogen-bond donors (Lipinski definition) is 2. The Labute approximate surface area is 135 Å². The van der Waals surface area contributed by atoms with Gasteiger partial charge in [-0.1, -0.05) is 29.8 Å². The molecule has 0 bridgehead atoms. The molecule has 1 saturated carbocycles. The van der Waals surface area contributed by atoms with Crippen molar-refractivity contribution in [3.63, 3.8) is 0 Å². The molecule has 6 nitrogen and oxygen atoms in total. The lowest BCUT2D eigenvalue weighted by Gasteiger charge is -2.20. The summed E-state index contributed by atoms with van der Waals surface area (Å²) in [5, 5.41) is 5.49. The molecule has 0 aromatic heterocycles. The minimum absolute atomic E-state index is 0.194.